The van der Waals surface area contributed by atoms with Crippen molar-refractivity contribution in [1.82, 2.24) is 15.1 Å². The number of nitrogens with one attached hydrogen (secondary N) is 1. The van der Waals surface area contributed by atoms with E-state index in [2.05, 4.69) is 10.2 Å². The average Bonchev–Trinajstić information content (AvgIpc) is 3.36. The molecule has 11 heteroatoms. The number of halogens is 1. The van der Waals surface area contributed by atoms with E-state index in [9.17, 15) is 14.9 Å². The van der Waals surface area contributed by atoms with Crippen LogP contribution in [0.2, 0.25) is 0 Å². The first-order valence-corrected chi connectivity index (χ1v) is 10.8. The van der Waals surface area contributed by atoms with Crippen LogP contribution < -0.4 is 5.32 Å². The van der Waals surface area contributed by atoms with E-state index in [-0.39, 0.29) is 35.6 Å². The number of nitrogens with zero attached hydrogens (tertiary/aromatic N) is 4. The molecule has 2 heterocycles. The number of ether oxygens (including phenoxy) is 1. The zero-order valence-corrected chi connectivity index (χ0v) is 21.0. The van der Waals surface area contributed by atoms with E-state index in [1.54, 1.807) is 29.2 Å². The van der Waals surface area contributed by atoms with Crippen LogP contribution in [0.3, 0.4) is 0 Å². The number of piperazine rings is 1. The molecule has 3 rings (SSSR count). The average molecular weight is 571 g/mol. The predicted octanol–water partition coefficient (Wildman–Crippen LogP) is 3.14. The normalized spacial score (nSPS) is 14.0. The molecule has 1 amide bonds. The third-order valence-electron chi connectivity index (χ3n) is 5.11. The lowest BCUT2D eigenvalue weighted by atomic mass is 10.2. The number of carbonyl (C=O) groups excluding carboxylic acids is 1. The van der Waals surface area contributed by atoms with Crippen molar-refractivity contribution in [2.24, 2.45) is 4.99 Å². The molecule has 1 fully saturated rings. The van der Waals surface area contributed by atoms with E-state index in [0.29, 0.717) is 58.2 Å². The maximum Gasteiger partial charge on any atom is 0.289 e. The Balaban J connectivity index is 0.00000385. The van der Waals surface area contributed by atoms with Gasteiger partial charge in [-0.3, -0.25) is 14.9 Å². The van der Waals surface area contributed by atoms with Gasteiger partial charge in [0.15, 0.2) is 11.7 Å². The second-order valence-corrected chi connectivity index (χ2v) is 7.30. The molecule has 1 aromatic carbocycles. The van der Waals surface area contributed by atoms with Crippen molar-refractivity contribution in [3.8, 4) is 0 Å². The Morgan fingerprint density at radius 2 is 1.88 bits per heavy atom. The van der Waals surface area contributed by atoms with Gasteiger partial charge in [-0.2, -0.15) is 0 Å². The van der Waals surface area contributed by atoms with Crippen molar-refractivity contribution in [1.29, 1.82) is 0 Å². The number of nitro groups is 1. The van der Waals surface area contributed by atoms with Crippen LogP contribution in [-0.2, 0) is 11.3 Å². The standard InChI is InChI=1S/C22H29N5O5.HI/c1-2-31-15-4-10-23-22(24-17-18-6-8-19(9-7-18)27(29)30)26-13-11-25(12-14-26)21(28)20-5-3-16-32-20;/h3,5-9,16H,2,4,10-15,17H2,1H3,(H,23,24);1H. The van der Waals surface area contributed by atoms with Gasteiger partial charge in [-0.25, -0.2) is 4.99 Å². The van der Waals surface area contributed by atoms with E-state index in [1.165, 1.54) is 18.4 Å². The summed E-state index contributed by atoms with van der Waals surface area (Å²) in [4.78, 5) is 31.6. The minimum Gasteiger partial charge on any atom is -0.459 e. The molecule has 1 N–H and O–H groups in total. The highest BCUT2D eigenvalue weighted by molar-refractivity contribution is 14.0. The fourth-order valence-electron chi connectivity index (χ4n) is 3.35. The molecule has 0 unspecified atom stereocenters. The minimum absolute atomic E-state index is 0. The molecule has 180 valence electrons. The van der Waals surface area contributed by atoms with Crippen LogP contribution in [-0.4, -0.2) is 72.5 Å². The van der Waals surface area contributed by atoms with Gasteiger partial charge in [0.1, 0.15) is 0 Å². The van der Waals surface area contributed by atoms with Crippen LogP contribution in [0.25, 0.3) is 0 Å². The smallest absolute Gasteiger partial charge is 0.289 e. The molecule has 10 nitrogen and oxygen atoms in total. The summed E-state index contributed by atoms with van der Waals surface area (Å²) in [7, 11) is 0. The molecule has 1 aromatic heterocycles. The van der Waals surface area contributed by atoms with Crippen LogP contribution in [0, 0.1) is 10.1 Å². The van der Waals surface area contributed by atoms with Gasteiger partial charge < -0.3 is 24.3 Å². The highest BCUT2D eigenvalue weighted by Crippen LogP contribution is 2.13. The topological polar surface area (TPSA) is 113 Å². The number of non-ortho nitro benzene ring substituents is 1. The van der Waals surface area contributed by atoms with Crippen LogP contribution in [0.1, 0.15) is 29.5 Å². The number of furan rings is 1. The van der Waals surface area contributed by atoms with Crippen molar-refractivity contribution in [3.63, 3.8) is 0 Å². The first kappa shape index (κ1) is 26.6. The summed E-state index contributed by atoms with van der Waals surface area (Å²) in [5.74, 6) is 0.994. The summed E-state index contributed by atoms with van der Waals surface area (Å²) in [6, 6.07) is 9.78. The summed E-state index contributed by atoms with van der Waals surface area (Å²) in [6.45, 7) is 6.86. The number of hydrogen-bond acceptors (Lipinski definition) is 6. The van der Waals surface area contributed by atoms with Gasteiger partial charge in [0, 0.05) is 58.1 Å². The number of carbonyl (C=O) groups is 1. The Labute approximate surface area is 210 Å². The molecule has 1 aliphatic rings. The zero-order chi connectivity index (χ0) is 22.8. The number of aliphatic imine (C=N–C) groups is 1. The van der Waals surface area contributed by atoms with E-state index in [0.717, 1.165) is 17.9 Å². The SMILES string of the molecule is CCOCCCNC(=NCc1ccc([N+](=O)[O-])cc1)N1CCN(C(=O)c2ccco2)CC1.I. The van der Waals surface area contributed by atoms with Gasteiger partial charge in [0.2, 0.25) is 0 Å². The van der Waals surface area contributed by atoms with Crippen LogP contribution in [0.4, 0.5) is 5.69 Å². The second kappa shape index (κ2) is 13.8. The molecule has 0 radical (unpaired) electrons. The molecular formula is C22H30IN5O5. The first-order valence-electron chi connectivity index (χ1n) is 10.8. The van der Waals surface area contributed by atoms with Gasteiger partial charge in [-0.15, -0.1) is 24.0 Å². The molecule has 2 aromatic rings. The summed E-state index contributed by atoms with van der Waals surface area (Å²) in [6.07, 6.45) is 2.35. The quantitative estimate of drug-likeness (QED) is 0.123. The summed E-state index contributed by atoms with van der Waals surface area (Å²) in [5, 5.41) is 14.2. The van der Waals surface area contributed by atoms with Gasteiger partial charge in [-0.05, 0) is 31.0 Å². The molecule has 1 aliphatic heterocycles. The number of hydrogen-bond donors (Lipinski definition) is 1. The van der Waals surface area contributed by atoms with E-state index < -0.39 is 4.92 Å². The van der Waals surface area contributed by atoms with Crippen molar-refractivity contribution in [2.75, 3.05) is 45.9 Å². The number of rotatable bonds is 9. The second-order valence-electron chi connectivity index (χ2n) is 7.30. The van der Waals surface area contributed by atoms with Gasteiger partial charge >= 0.3 is 0 Å². The summed E-state index contributed by atoms with van der Waals surface area (Å²) >= 11 is 0. The van der Waals surface area contributed by atoms with E-state index >= 15 is 0 Å². The van der Waals surface area contributed by atoms with Crippen LogP contribution in [0.5, 0.6) is 0 Å². The molecular weight excluding hydrogens is 541 g/mol. The fraction of sp³-hybridized carbons (Fsp3) is 0.455. The predicted molar refractivity (Wildman–Crippen MR) is 135 cm³/mol. The summed E-state index contributed by atoms with van der Waals surface area (Å²) < 4.78 is 10.6. The maximum absolute atomic E-state index is 12.5. The van der Waals surface area contributed by atoms with Gasteiger partial charge in [-0.1, -0.05) is 12.1 Å². The van der Waals surface area contributed by atoms with Crippen molar-refractivity contribution >= 4 is 41.5 Å². The first-order chi connectivity index (χ1) is 15.6. The monoisotopic (exact) mass is 571 g/mol. The Hall–Kier alpha value is -2.67. The minimum atomic E-state index is -0.415. The Morgan fingerprint density at radius 3 is 2.48 bits per heavy atom. The molecule has 0 aliphatic carbocycles. The highest BCUT2D eigenvalue weighted by Gasteiger charge is 2.25. The number of benzene rings is 1. The van der Waals surface area contributed by atoms with E-state index in [4.69, 9.17) is 14.1 Å². The highest BCUT2D eigenvalue weighted by atomic mass is 127. The Morgan fingerprint density at radius 1 is 1.18 bits per heavy atom. The van der Waals surface area contributed by atoms with Crippen molar-refractivity contribution in [3.05, 3.63) is 64.1 Å². The van der Waals surface area contributed by atoms with Gasteiger partial charge in [0.25, 0.3) is 11.6 Å². The lowest BCUT2D eigenvalue weighted by molar-refractivity contribution is -0.384. The molecule has 0 atom stereocenters. The largest absolute Gasteiger partial charge is 0.459 e. The van der Waals surface area contributed by atoms with Crippen LogP contribution in [0.15, 0.2) is 52.1 Å². The Kier molecular flexibility index (Phi) is 11.1. The van der Waals surface area contributed by atoms with Crippen molar-refractivity contribution in [2.45, 2.75) is 19.9 Å². The number of nitro benzene ring substituents is 1. The molecule has 33 heavy (non-hydrogen) atoms. The Bertz CT molecular complexity index is 896. The third kappa shape index (κ3) is 8.00. The van der Waals surface area contributed by atoms with E-state index in [1.807, 2.05) is 6.92 Å². The fourth-order valence-corrected chi connectivity index (χ4v) is 3.35. The van der Waals surface area contributed by atoms with Gasteiger partial charge in [0.05, 0.1) is 17.7 Å². The zero-order valence-electron chi connectivity index (χ0n) is 18.6. The molecule has 0 spiro atoms. The molecule has 0 saturated carbocycles. The van der Waals surface area contributed by atoms with Crippen LogP contribution >= 0.6 is 24.0 Å². The number of guanidine groups is 1. The molecule has 1 saturated heterocycles. The number of amides is 1. The third-order valence-corrected chi connectivity index (χ3v) is 5.11. The lowest BCUT2D eigenvalue weighted by Gasteiger charge is -2.36. The maximum atomic E-state index is 12.5. The van der Waals surface area contributed by atoms with Crippen molar-refractivity contribution < 1.29 is 18.9 Å². The lowest BCUT2D eigenvalue weighted by Crippen LogP contribution is -2.54. The molecule has 0 bridgehead atoms. The summed E-state index contributed by atoms with van der Waals surface area (Å²) in [5.41, 5.74) is 0.945.